The van der Waals surface area contributed by atoms with Crippen LogP contribution in [0.25, 0.3) is 0 Å². The molecule has 0 aromatic carbocycles. The maximum atomic E-state index is 11.9. The van der Waals surface area contributed by atoms with Gasteiger partial charge in [0, 0.05) is 19.0 Å². The van der Waals surface area contributed by atoms with E-state index in [4.69, 9.17) is 5.73 Å². The summed E-state index contributed by atoms with van der Waals surface area (Å²) in [5.74, 6) is 0.331. The third-order valence-electron chi connectivity index (χ3n) is 3.15. The number of nitrogens with zero attached hydrogens (tertiary/aromatic N) is 1. The lowest BCUT2D eigenvalue weighted by Gasteiger charge is -2.29. The fourth-order valence-electron chi connectivity index (χ4n) is 2.35. The molecule has 0 aromatic rings. The minimum Gasteiger partial charge on any atom is -0.340 e. The summed E-state index contributed by atoms with van der Waals surface area (Å²) in [5, 5.41) is 0. The summed E-state index contributed by atoms with van der Waals surface area (Å²) in [6.45, 7) is 3.61. The van der Waals surface area contributed by atoms with Crippen LogP contribution in [-0.4, -0.2) is 29.9 Å². The van der Waals surface area contributed by atoms with Gasteiger partial charge in [-0.15, -0.1) is 0 Å². The van der Waals surface area contributed by atoms with Crippen LogP contribution < -0.4 is 5.73 Å². The molecule has 0 bridgehead atoms. The summed E-state index contributed by atoms with van der Waals surface area (Å²) in [5.41, 5.74) is 5.51. The smallest absolute Gasteiger partial charge is 0.222 e. The van der Waals surface area contributed by atoms with Gasteiger partial charge in [0.15, 0.2) is 0 Å². The molecule has 15 heavy (non-hydrogen) atoms. The van der Waals surface area contributed by atoms with Crippen molar-refractivity contribution in [3.63, 3.8) is 0 Å². The fraction of sp³-hybridized carbons (Fsp3) is 0.917. The lowest BCUT2D eigenvalue weighted by atomic mass is 10.1. The first-order chi connectivity index (χ1) is 7.29. The van der Waals surface area contributed by atoms with Gasteiger partial charge in [0.05, 0.1) is 0 Å². The molecule has 0 saturated heterocycles. The van der Waals surface area contributed by atoms with Gasteiger partial charge in [0.25, 0.3) is 0 Å². The number of hydrogen-bond acceptors (Lipinski definition) is 2. The Bertz CT molecular complexity index is 188. The van der Waals surface area contributed by atoms with E-state index in [1.165, 1.54) is 25.7 Å². The Morgan fingerprint density at radius 1 is 1.40 bits per heavy atom. The largest absolute Gasteiger partial charge is 0.340 e. The van der Waals surface area contributed by atoms with Crippen LogP contribution in [0.15, 0.2) is 0 Å². The number of amides is 1. The monoisotopic (exact) mass is 212 g/mol. The minimum absolute atomic E-state index is 0.331. The van der Waals surface area contributed by atoms with E-state index < -0.39 is 0 Å². The van der Waals surface area contributed by atoms with Crippen LogP contribution in [0, 0.1) is 0 Å². The van der Waals surface area contributed by atoms with E-state index in [1.54, 1.807) is 0 Å². The molecule has 88 valence electrons. The molecular formula is C12H24N2O. The standard InChI is InChI=1S/C12H24N2O/c1-2-6-12(15)14(10-5-9-13)11-7-3-4-8-11/h11H,2-10,13H2,1H3. The van der Waals surface area contributed by atoms with Gasteiger partial charge in [-0.3, -0.25) is 4.79 Å². The van der Waals surface area contributed by atoms with E-state index in [-0.39, 0.29) is 0 Å². The van der Waals surface area contributed by atoms with Crippen molar-refractivity contribution < 1.29 is 4.79 Å². The topological polar surface area (TPSA) is 46.3 Å². The van der Waals surface area contributed by atoms with Crippen molar-refractivity contribution in [3.05, 3.63) is 0 Å². The molecule has 0 aliphatic heterocycles. The van der Waals surface area contributed by atoms with E-state index in [2.05, 4.69) is 11.8 Å². The highest BCUT2D eigenvalue weighted by Crippen LogP contribution is 2.24. The molecular weight excluding hydrogens is 188 g/mol. The van der Waals surface area contributed by atoms with Gasteiger partial charge in [-0.2, -0.15) is 0 Å². The van der Waals surface area contributed by atoms with E-state index >= 15 is 0 Å². The van der Waals surface area contributed by atoms with Crippen molar-refractivity contribution >= 4 is 5.91 Å². The first-order valence-electron chi connectivity index (χ1n) is 6.29. The summed E-state index contributed by atoms with van der Waals surface area (Å²) >= 11 is 0. The van der Waals surface area contributed by atoms with Crippen molar-refractivity contribution in [1.29, 1.82) is 0 Å². The molecule has 0 aromatic heterocycles. The first kappa shape index (κ1) is 12.5. The molecule has 0 spiro atoms. The molecule has 0 unspecified atom stereocenters. The number of rotatable bonds is 6. The van der Waals surface area contributed by atoms with Crippen molar-refractivity contribution in [2.75, 3.05) is 13.1 Å². The fourth-order valence-corrected chi connectivity index (χ4v) is 2.35. The Morgan fingerprint density at radius 2 is 2.07 bits per heavy atom. The van der Waals surface area contributed by atoms with E-state index in [0.717, 1.165) is 19.4 Å². The van der Waals surface area contributed by atoms with Crippen LogP contribution in [0.5, 0.6) is 0 Å². The maximum Gasteiger partial charge on any atom is 0.222 e. The Kier molecular flexibility index (Phi) is 5.69. The Hall–Kier alpha value is -0.570. The van der Waals surface area contributed by atoms with Crippen molar-refractivity contribution in [3.8, 4) is 0 Å². The molecule has 1 saturated carbocycles. The van der Waals surface area contributed by atoms with Crippen molar-refractivity contribution in [2.45, 2.75) is 57.9 Å². The molecule has 0 atom stereocenters. The quantitative estimate of drug-likeness (QED) is 0.731. The van der Waals surface area contributed by atoms with Crippen molar-refractivity contribution in [2.24, 2.45) is 5.73 Å². The summed E-state index contributed by atoms with van der Waals surface area (Å²) in [6, 6.07) is 0.510. The van der Waals surface area contributed by atoms with Crippen LogP contribution in [-0.2, 0) is 4.79 Å². The lowest BCUT2D eigenvalue weighted by molar-refractivity contribution is -0.133. The van der Waals surface area contributed by atoms with E-state index in [0.29, 0.717) is 24.9 Å². The minimum atomic E-state index is 0.331. The zero-order valence-electron chi connectivity index (χ0n) is 9.87. The van der Waals surface area contributed by atoms with Crippen LogP contribution in [0.3, 0.4) is 0 Å². The Balaban J connectivity index is 2.46. The predicted octanol–water partition coefficient (Wildman–Crippen LogP) is 1.91. The molecule has 1 rings (SSSR count). The second-order valence-electron chi connectivity index (χ2n) is 4.42. The SMILES string of the molecule is CCCC(=O)N(CCCN)C1CCCC1. The lowest BCUT2D eigenvalue weighted by Crippen LogP contribution is -2.40. The van der Waals surface area contributed by atoms with Gasteiger partial charge in [-0.1, -0.05) is 19.8 Å². The highest BCUT2D eigenvalue weighted by atomic mass is 16.2. The molecule has 1 aliphatic carbocycles. The zero-order chi connectivity index (χ0) is 11.1. The third-order valence-corrected chi connectivity index (χ3v) is 3.15. The van der Waals surface area contributed by atoms with Gasteiger partial charge in [0.2, 0.25) is 5.91 Å². The second-order valence-corrected chi connectivity index (χ2v) is 4.42. The maximum absolute atomic E-state index is 11.9. The molecule has 0 heterocycles. The second kappa shape index (κ2) is 6.83. The third kappa shape index (κ3) is 3.82. The molecule has 3 nitrogen and oxygen atoms in total. The van der Waals surface area contributed by atoms with Gasteiger partial charge in [-0.25, -0.2) is 0 Å². The van der Waals surface area contributed by atoms with Gasteiger partial charge >= 0.3 is 0 Å². The van der Waals surface area contributed by atoms with Crippen molar-refractivity contribution in [1.82, 2.24) is 4.90 Å². The van der Waals surface area contributed by atoms with Crippen LogP contribution in [0.2, 0.25) is 0 Å². The molecule has 3 heteroatoms. The van der Waals surface area contributed by atoms with E-state index in [1.807, 2.05) is 0 Å². The number of carbonyl (C=O) groups is 1. The van der Waals surface area contributed by atoms with E-state index in [9.17, 15) is 4.79 Å². The van der Waals surface area contributed by atoms with Gasteiger partial charge in [-0.05, 0) is 32.2 Å². The highest BCUT2D eigenvalue weighted by Gasteiger charge is 2.25. The number of nitrogens with two attached hydrogens (primary N) is 1. The normalized spacial score (nSPS) is 16.9. The predicted molar refractivity (Wildman–Crippen MR) is 62.5 cm³/mol. The molecule has 2 N–H and O–H groups in total. The molecule has 1 amide bonds. The first-order valence-corrected chi connectivity index (χ1v) is 6.29. The van der Waals surface area contributed by atoms with Crippen LogP contribution in [0.4, 0.5) is 0 Å². The summed E-state index contributed by atoms with van der Waals surface area (Å²) in [6.07, 6.45) is 7.53. The van der Waals surface area contributed by atoms with Crippen LogP contribution in [0.1, 0.15) is 51.9 Å². The molecule has 1 aliphatic rings. The highest BCUT2D eigenvalue weighted by molar-refractivity contribution is 5.76. The number of hydrogen-bond donors (Lipinski definition) is 1. The summed E-state index contributed by atoms with van der Waals surface area (Å²) in [4.78, 5) is 14.0. The average Bonchev–Trinajstić information content (AvgIpc) is 2.72. The summed E-state index contributed by atoms with van der Waals surface area (Å²) in [7, 11) is 0. The average molecular weight is 212 g/mol. The molecule has 0 radical (unpaired) electrons. The number of carbonyl (C=O) groups excluding carboxylic acids is 1. The van der Waals surface area contributed by atoms with Gasteiger partial charge < -0.3 is 10.6 Å². The Morgan fingerprint density at radius 3 is 2.60 bits per heavy atom. The Labute approximate surface area is 93.0 Å². The molecule has 1 fully saturated rings. The zero-order valence-corrected chi connectivity index (χ0v) is 9.87. The van der Waals surface area contributed by atoms with Gasteiger partial charge in [0.1, 0.15) is 0 Å². The summed E-state index contributed by atoms with van der Waals surface area (Å²) < 4.78 is 0. The van der Waals surface area contributed by atoms with Crippen LogP contribution >= 0.6 is 0 Å².